The predicted molar refractivity (Wildman–Crippen MR) is 69.6 cm³/mol. The molecule has 18 heavy (non-hydrogen) atoms. The minimum Gasteiger partial charge on any atom is -0.325 e. The van der Waals surface area contributed by atoms with Crippen LogP contribution < -0.4 is 5.32 Å². The Kier molecular flexibility index (Phi) is 6.05. The molecule has 1 rings (SSSR count). The Balaban J connectivity index is 2.59. The van der Waals surface area contributed by atoms with E-state index in [0.29, 0.717) is 5.69 Å². The molecule has 0 saturated heterocycles. The second kappa shape index (κ2) is 7.31. The van der Waals surface area contributed by atoms with Gasteiger partial charge in [0.05, 0.1) is 13.2 Å². The van der Waals surface area contributed by atoms with Crippen molar-refractivity contribution in [1.29, 1.82) is 0 Å². The molecule has 0 spiro atoms. The fourth-order valence-electron chi connectivity index (χ4n) is 1.36. The lowest BCUT2D eigenvalue weighted by Gasteiger charge is -2.16. The standard InChI is InChI=1S/C12H17NO4P/c1-3-16-18(15,17-4-2)10-12(14)13-11-8-6-5-7-9-11/h5-8H,3-4,10H2,1-2H3,(H,13,14). The highest BCUT2D eigenvalue weighted by Crippen LogP contribution is 2.47. The fraction of sp³-hybridized carbons (Fsp3) is 0.417. The van der Waals surface area contributed by atoms with Gasteiger partial charge in [0.15, 0.2) is 0 Å². The Morgan fingerprint density at radius 3 is 2.50 bits per heavy atom. The summed E-state index contributed by atoms with van der Waals surface area (Å²) >= 11 is 0. The Bertz CT molecular complexity index is 411. The van der Waals surface area contributed by atoms with Crippen molar-refractivity contribution in [3.63, 3.8) is 0 Å². The summed E-state index contributed by atoms with van der Waals surface area (Å²) in [5, 5.41) is 2.59. The molecule has 0 saturated carbocycles. The molecular weight excluding hydrogens is 253 g/mol. The molecule has 0 aliphatic heterocycles. The molecule has 5 nitrogen and oxygen atoms in total. The van der Waals surface area contributed by atoms with Crippen molar-refractivity contribution >= 4 is 19.2 Å². The summed E-state index contributed by atoms with van der Waals surface area (Å²) in [7, 11) is -3.34. The van der Waals surface area contributed by atoms with Gasteiger partial charge in [-0.05, 0) is 19.9 Å². The molecule has 0 heterocycles. The number of anilines is 1. The van der Waals surface area contributed by atoms with E-state index in [-0.39, 0.29) is 19.4 Å². The molecular formula is C12H17NO4P. The quantitative estimate of drug-likeness (QED) is 0.774. The van der Waals surface area contributed by atoms with Gasteiger partial charge in [-0.2, -0.15) is 0 Å². The van der Waals surface area contributed by atoms with E-state index in [1.165, 1.54) is 0 Å². The average molecular weight is 270 g/mol. The van der Waals surface area contributed by atoms with Gasteiger partial charge in [-0.1, -0.05) is 18.2 Å². The molecule has 0 fully saturated rings. The first-order chi connectivity index (χ1) is 8.59. The molecule has 6 heteroatoms. The van der Waals surface area contributed by atoms with Crippen molar-refractivity contribution in [2.45, 2.75) is 13.8 Å². The number of benzene rings is 1. The maximum atomic E-state index is 12.1. The molecule has 99 valence electrons. The van der Waals surface area contributed by atoms with Crippen LogP contribution in [0.3, 0.4) is 0 Å². The third-order valence-electron chi connectivity index (χ3n) is 1.97. The van der Waals surface area contributed by atoms with Crippen LogP contribution in [0, 0.1) is 6.07 Å². The molecule has 0 aliphatic rings. The number of para-hydroxylation sites is 1. The second-order valence-electron chi connectivity index (χ2n) is 3.43. The average Bonchev–Trinajstić information content (AvgIpc) is 2.30. The van der Waals surface area contributed by atoms with Gasteiger partial charge in [0.1, 0.15) is 6.16 Å². The van der Waals surface area contributed by atoms with Gasteiger partial charge >= 0.3 is 7.60 Å². The van der Waals surface area contributed by atoms with Crippen LogP contribution in [0.1, 0.15) is 13.8 Å². The highest BCUT2D eigenvalue weighted by Gasteiger charge is 2.27. The first-order valence-corrected chi connectivity index (χ1v) is 7.47. The van der Waals surface area contributed by atoms with Crippen molar-refractivity contribution in [2.24, 2.45) is 0 Å². The van der Waals surface area contributed by atoms with Gasteiger partial charge in [-0.25, -0.2) is 0 Å². The summed E-state index contributed by atoms with van der Waals surface area (Å²) in [6, 6.07) is 9.79. The third-order valence-corrected chi connectivity index (χ3v) is 3.95. The minimum atomic E-state index is -3.34. The van der Waals surface area contributed by atoms with Gasteiger partial charge in [0.25, 0.3) is 0 Å². The van der Waals surface area contributed by atoms with E-state index in [0.717, 1.165) is 0 Å². The van der Waals surface area contributed by atoms with Crippen LogP contribution in [-0.2, 0) is 18.4 Å². The molecule has 0 atom stereocenters. The summed E-state index contributed by atoms with van der Waals surface area (Å²) in [6.07, 6.45) is -0.294. The van der Waals surface area contributed by atoms with E-state index in [9.17, 15) is 9.36 Å². The Morgan fingerprint density at radius 2 is 2.00 bits per heavy atom. The highest BCUT2D eigenvalue weighted by molar-refractivity contribution is 7.54. The first-order valence-electron chi connectivity index (χ1n) is 5.74. The Hall–Kier alpha value is -1.16. The third kappa shape index (κ3) is 5.00. The van der Waals surface area contributed by atoms with Crippen LogP contribution in [-0.4, -0.2) is 25.3 Å². The summed E-state index contributed by atoms with van der Waals surface area (Å²) in [6.45, 7) is 3.88. The lowest BCUT2D eigenvalue weighted by Crippen LogP contribution is -2.18. The summed E-state index contributed by atoms with van der Waals surface area (Å²) in [5.74, 6) is -0.414. The van der Waals surface area contributed by atoms with Gasteiger partial charge in [0.2, 0.25) is 5.91 Å². The topological polar surface area (TPSA) is 64.6 Å². The zero-order chi connectivity index (χ0) is 13.4. The van der Waals surface area contributed by atoms with Crippen LogP contribution in [0.4, 0.5) is 5.69 Å². The van der Waals surface area contributed by atoms with E-state index < -0.39 is 13.5 Å². The van der Waals surface area contributed by atoms with Gasteiger partial charge in [-0.3, -0.25) is 9.36 Å². The first kappa shape index (κ1) is 14.9. The van der Waals surface area contributed by atoms with Crippen molar-refractivity contribution in [1.82, 2.24) is 0 Å². The maximum absolute atomic E-state index is 12.1. The van der Waals surface area contributed by atoms with Crippen molar-refractivity contribution in [3.05, 3.63) is 30.3 Å². The highest BCUT2D eigenvalue weighted by atomic mass is 31.2. The van der Waals surface area contributed by atoms with Crippen molar-refractivity contribution in [2.75, 3.05) is 24.7 Å². The van der Waals surface area contributed by atoms with Crippen LogP contribution in [0.15, 0.2) is 24.3 Å². The summed E-state index contributed by atoms with van der Waals surface area (Å²) in [5.41, 5.74) is 0.530. The molecule has 1 aromatic rings. The summed E-state index contributed by atoms with van der Waals surface area (Å²) < 4.78 is 22.2. The van der Waals surface area contributed by atoms with Crippen LogP contribution in [0.2, 0.25) is 0 Å². The predicted octanol–water partition coefficient (Wildman–Crippen LogP) is 2.69. The number of nitrogens with one attached hydrogen (secondary N) is 1. The lowest BCUT2D eigenvalue weighted by atomic mass is 10.3. The monoisotopic (exact) mass is 270 g/mol. The molecule has 0 aliphatic carbocycles. The largest absolute Gasteiger partial charge is 0.340 e. The molecule has 0 bridgehead atoms. The Labute approximate surface area is 107 Å². The Morgan fingerprint density at radius 1 is 1.33 bits per heavy atom. The lowest BCUT2D eigenvalue weighted by molar-refractivity contribution is -0.114. The number of carbonyl (C=O) groups is 1. The normalized spacial score (nSPS) is 11.2. The number of rotatable bonds is 7. The van der Waals surface area contributed by atoms with Crippen LogP contribution >= 0.6 is 7.60 Å². The number of hydrogen-bond donors (Lipinski definition) is 1. The van der Waals surface area contributed by atoms with E-state index in [1.807, 2.05) is 0 Å². The molecule has 1 N–H and O–H groups in total. The van der Waals surface area contributed by atoms with E-state index in [2.05, 4.69) is 11.4 Å². The SMILES string of the molecule is CCOP(=O)(CC(=O)Nc1[c]cccc1)OCC. The fourth-order valence-corrected chi connectivity index (χ4v) is 2.83. The van der Waals surface area contributed by atoms with Crippen molar-refractivity contribution < 1.29 is 18.4 Å². The number of amides is 1. The molecule has 0 unspecified atom stereocenters. The number of hydrogen-bond acceptors (Lipinski definition) is 4. The molecule has 0 aromatic heterocycles. The zero-order valence-corrected chi connectivity index (χ0v) is 11.4. The second-order valence-corrected chi connectivity index (χ2v) is 5.48. The van der Waals surface area contributed by atoms with Gasteiger partial charge in [0, 0.05) is 11.8 Å². The van der Waals surface area contributed by atoms with E-state index >= 15 is 0 Å². The van der Waals surface area contributed by atoms with Gasteiger partial charge < -0.3 is 14.4 Å². The van der Waals surface area contributed by atoms with Crippen molar-refractivity contribution in [3.8, 4) is 0 Å². The van der Waals surface area contributed by atoms with Crippen LogP contribution in [0.5, 0.6) is 0 Å². The minimum absolute atomic E-state index is 0.238. The van der Waals surface area contributed by atoms with Crippen LogP contribution in [0.25, 0.3) is 0 Å². The molecule has 1 radical (unpaired) electrons. The molecule has 1 aromatic carbocycles. The van der Waals surface area contributed by atoms with E-state index in [1.54, 1.807) is 38.1 Å². The van der Waals surface area contributed by atoms with Gasteiger partial charge in [-0.15, -0.1) is 0 Å². The maximum Gasteiger partial charge on any atom is 0.340 e. The smallest absolute Gasteiger partial charge is 0.325 e. The zero-order valence-electron chi connectivity index (χ0n) is 10.5. The number of carbonyl (C=O) groups excluding carboxylic acids is 1. The van der Waals surface area contributed by atoms with E-state index in [4.69, 9.17) is 9.05 Å². The summed E-state index contributed by atoms with van der Waals surface area (Å²) in [4.78, 5) is 11.7. The molecule has 1 amide bonds.